The van der Waals surface area contributed by atoms with Gasteiger partial charge in [0.05, 0.1) is 0 Å². The van der Waals surface area contributed by atoms with E-state index in [2.05, 4.69) is 38.9 Å². The normalized spacial score (nSPS) is 14.4. The molecule has 6 nitrogen and oxygen atoms in total. The fraction of sp³-hybridized carbons (Fsp3) is 0.467. The van der Waals surface area contributed by atoms with Crippen LogP contribution in [0.5, 0.6) is 0 Å². The summed E-state index contributed by atoms with van der Waals surface area (Å²) in [6, 6.07) is 4.06. The lowest BCUT2D eigenvalue weighted by Crippen LogP contribution is -2.19. The molecule has 0 aliphatic heterocycles. The zero-order chi connectivity index (χ0) is 15.7. The van der Waals surface area contributed by atoms with Crippen LogP contribution in [-0.2, 0) is 0 Å². The number of imidazole rings is 1. The molecule has 0 radical (unpaired) electrons. The Hall–Kier alpha value is -1.89. The van der Waals surface area contributed by atoms with Gasteiger partial charge in [-0.05, 0) is 42.7 Å². The fourth-order valence-corrected chi connectivity index (χ4v) is 3.14. The van der Waals surface area contributed by atoms with Gasteiger partial charge < -0.3 is 9.88 Å². The van der Waals surface area contributed by atoms with E-state index in [9.17, 15) is 4.79 Å². The van der Waals surface area contributed by atoms with Crippen molar-refractivity contribution in [3.63, 3.8) is 0 Å². The van der Waals surface area contributed by atoms with E-state index in [1.807, 2.05) is 12.3 Å². The number of aromatic nitrogens is 4. The minimum Gasteiger partial charge on any atom is -0.354 e. The molecule has 2 aromatic rings. The topological polar surface area (TPSA) is 72.7 Å². The lowest BCUT2D eigenvalue weighted by atomic mass is 10.1. The fourth-order valence-electron chi connectivity index (χ4n) is 2.28. The van der Waals surface area contributed by atoms with E-state index in [-0.39, 0.29) is 5.91 Å². The summed E-state index contributed by atoms with van der Waals surface area (Å²) in [4.78, 5) is 16.0. The molecule has 2 aromatic heterocycles. The number of hydrogen-bond acceptors (Lipinski definition) is 5. The maximum Gasteiger partial charge on any atom is 0.271 e. The van der Waals surface area contributed by atoms with E-state index in [1.165, 1.54) is 30.3 Å². The molecule has 0 aromatic carbocycles. The molecule has 116 valence electrons. The molecule has 1 fully saturated rings. The van der Waals surface area contributed by atoms with Crippen LogP contribution < -0.4 is 5.32 Å². The molecule has 0 spiro atoms. The van der Waals surface area contributed by atoms with Gasteiger partial charge in [0.1, 0.15) is 5.03 Å². The van der Waals surface area contributed by atoms with Crippen molar-refractivity contribution in [3.8, 4) is 0 Å². The van der Waals surface area contributed by atoms with Crippen molar-refractivity contribution in [2.75, 3.05) is 7.05 Å². The van der Waals surface area contributed by atoms with E-state index in [1.54, 1.807) is 13.1 Å². The molecule has 1 N–H and O–H groups in total. The van der Waals surface area contributed by atoms with E-state index < -0.39 is 0 Å². The lowest BCUT2D eigenvalue weighted by Gasteiger charge is -2.12. The third-order valence-electron chi connectivity index (χ3n) is 3.59. The summed E-state index contributed by atoms with van der Waals surface area (Å²) in [6.45, 7) is 4.37. The van der Waals surface area contributed by atoms with Gasteiger partial charge in [0.2, 0.25) is 0 Å². The summed E-state index contributed by atoms with van der Waals surface area (Å²) in [7, 11) is 1.58. The van der Waals surface area contributed by atoms with Crippen LogP contribution in [0.15, 0.2) is 28.5 Å². The highest BCUT2D eigenvalue weighted by atomic mass is 32.2. The molecule has 7 heteroatoms. The standard InChI is InChI=1S/C15H19N5OS/c1-9(2)12-8-17-15(20(12)10-4-5-10)22-13-7-6-11(18-19-13)14(21)16-3/h6-10H,4-5H2,1-3H3,(H,16,21). The Morgan fingerprint density at radius 1 is 1.36 bits per heavy atom. The van der Waals surface area contributed by atoms with Crippen LogP contribution >= 0.6 is 11.8 Å². The highest BCUT2D eigenvalue weighted by molar-refractivity contribution is 7.99. The lowest BCUT2D eigenvalue weighted by molar-refractivity contribution is 0.0957. The second-order valence-electron chi connectivity index (χ2n) is 5.66. The summed E-state index contributed by atoms with van der Waals surface area (Å²) in [6.07, 6.45) is 4.38. The van der Waals surface area contributed by atoms with Crippen LogP contribution in [0.3, 0.4) is 0 Å². The highest BCUT2D eigenvalue weighted by Gasteiger charge is 2.29. The minimum atomic E-state index is -0.231. The SMILES string of the molecule is CNC(=O)c1ccc(Sc2ncc(C(C)C)n2C2CC2)nn1. The molecule has 1 saturated carbocycles. The quantitative estimate of drug-likeness (QED) is 0.918. The number of carbonyl (C=O) groups is 1. The first-order valence-corrected chi connectivity index (χ1v) is 8.22. The van der Waals surface area contributed by atoms with Crippen LogP contribution in [0.25, 0.3) is 0 Å². The second kappa shape index (κ2) is 6.08. The van der Waals surface area contributed by atoms with Crippen molar-refractivity contribution in [3.05, 3.63) is 29.7 Å². The first-order chi connectivity index (χ1) is 10.6. The highest BCUT2D eigenvalue weighted by Crippen LogP contribution is 2.41. The van der Waals surface area contributed by atoms with Gasteiger partial charge in [-0.25, -0.2) is 4.98 Å². The van der Waals surface area contributed by atoms with E-state index in [0.29, 0.717) is 17.7 Å². The molecule has 0 unspecified atom stereocenters. The molecule has 22 heavy (non-hydrogen) atoms. The van der Waals surface area contributed by atoms with E-state index in [0.717, 1.165) is 10.2 Å². The van der Waals surface area contributed by atoms with Crippen molar-refractivity contribution in [1.82, 2.24) is 25.1 Å². The largest absolute Gasteiger partial charge is 0.354 e. The molecular weight excluding hydrogens is 298 g/mol. The van der Waals surface area contributed by atoms with Crippen LogP contribution in [0.4, 0.5) is 0 Å². The maximum atomic E-state index is 11.5. The number of rotatable bonds is 5. The zero-order valence-electron chi connectivity index (χ0n) is 12.9. The average molecular weight is 317 g/mol. The Kier molecular flexibility index (Phi) is 4.15. The first-order valence-electron chi connectivity index (χ1n) is 7.41. The van der Waals surface area contributed by atoms with Crippen molar-refractivity contribution >= 4 is 17.7 Å². The predicted molar refractivity (Wildman–Crippen MR) is 84.1 cm³/mol. The van der Waals surface area contributed by atoms with Gasteiger partial charge in [-0.1, -0.05) is 13.8 Å². The van der Waals surface area contributed by atoms with Gasteiger partial charge in [-0.3, -0.25) is 4.79 Å². The Balaban J connectivity index is 1.82. The molecule has 0 bridgehead atoms. The van der Waals surface area contributed by atoms with Crippen LogP contribution in [0, 0.1) is 0 Å². The maximum absolute atomic E-state index is 11.5. The minimum absolute atomic E-state index is 0.231. The monoisotopic (exact) mass is 317 g/mol. The summed E-state index contributed by atoms with van der Waals surface area (Å²) in [5.41, 5.74) is 1.58. The number of nitrogens with zero attached hydrogens (tertiary/aromatic N) is 4. The van der Waals surface area contributed by atoms with Crippen LogP contribution in [-0.4, -0.2) is 32.7 Å². The van der Waals surface area contributed by atoms with Gasteiger partial charge in [-0.2, -0.15) is 0 Å². The number of carbonyl (C=O) groups excluding carboxylic acids is 1. The third-order valence-corrected chi connectivity index (χ3v) is 4.50. The van der Waals surface area contributed by atoms with Crippen molar-refractivity contribution in [2.24, 2.45) is 0 Å². The second-order valence-corrected chi connectivity index (χ2v) is 6.65. The van der Waals surface area contributed by atoms with Gasteiger partial charge in [0, 0.05) is 25.0 Å². The van der Waals surface area contributed by atoms with Crippen LogP contribution in [0.2, 0.25) is 0 Å². The average Bonchev–Trinajstić information content (AvgIpc) is 3.27. The summed E-state index contributed by atoms with van der Waals surface area (Å²) >= 11 is 1.50. The van der Waals surface area contributed by atoms with Crippen molar-refractivity contribution in [2.45, 2.75) is 48.8 Å². The number of amides is 1. The molecule has 1 amide bonds. The first kappa shape index (κ1) is 15.0. The number of hydrogen-bond donors (Lipinski definition) is 1. The van der Waals surface area contributed by atoms with Gasteiger partial charge in [0.25, 0.3) is 5.91 Å². The van der Waals surface area contributed by atoms with Crippen molar-refractivity contribution < 1.29 is 4.79 Å². The third kappa shape index (κ3) is 2.99. The van der Waals surface area contributed by atoms with Crippen LogP contribution in [0.1, 0.15) is 54.8 Å². The summed E-state index contributed by atoms with van der Waals surface area (Å²) < 4.78 is 2.32. The molecular formula is C15H19N5OS. The molecule has 0 saturated heterocycles. The Bertz CT molecular complexity index is 676. The van der Waals surface area contributed by atoms with Gasteiger partial charge in [0.15, 0.2) is 10.9 Å². The van der Waals surface area contributed by atoms with E-state index in [4.69, 9.17) is 0 Å². The molecule has 1 aliphatic rings. The molecule has 2 heterocycles. The molecule has 3 rings (SSSR count). The van der Waals surface area contributed by atoms with Crippen molar-refractivity contribution in [1.29, 1.82) is 0 Å². The van der Waals surface area contributed by atoms with Gasteiger partial charge in [-0.15, -0.1) is 10.2 Å². The van der Waals surface area contributed by atoms with E-state index >= 15 is 0 Å². The number of nitrogens with one attached hydrogen (secondary N) is 1. The van der Waals surface area contributed by atoms with Gasteiger partial charge >= 0.3 is 0 Å². The predicted octanol–water partition coefficient (Wildman–Crippen LogP) is 2.64. The Labute approximate surface area is 133 Å². The summed E-state index contributed by atoms with van der Waals surface area (Å²) in [5.74, 6) is 0.217. The molecule has 0 atom stereocenters. The zero-order valence-corrected chi connectivity index (χ0v) is 13.7. The molecule has 1 aliphatic carbocycles. The Morgan fingerprint density at radius 2 is 2.14 bits per heavy atom. The Morgan fingerprint density at radius 3 is 2.68 bits per heavy atom. The smallest absolute Gasteiger partial charge is 0.271 e. The summed E-state index contributed by atoms with van der Waals surface area (Å²) in [5, 5.41) is 12.3.